The van der Waals surface area contributed by atoms with Gasteiger partial charge < -0.3 is 19.3 Å². The van der Waals surface area contributed by atoms with E-state index in [-0.39, 0.29) is 13.0 Å². The molecule has 17 heavy (non-hydrogen) atoms. The average molecular weight is 238 g/mol. The zero-order valence-electron chi connectivity index (χ0n) is 9.46. The minimum Gasteiger partial charge on any atom is -0.486 e. The first kappa shape index (κ1) is 11.7. The van der Waals surface area contributed by atoms with Crippen molar-refractivity contribution in [2.24, 2.45) is 0 Å². The number of aliphatic hydroxyl groups excluding tert-OH is 1. The van der Waals surface area contributed by atoms with Gasteiger partial charge in [-0.2, -0.15) is 0 Å². The molecular weight excluding hydrogens is 224 g/mol. The van der Waals surface area contributed by atoms with Crippen LogP contribution < -0.4 is 9.47 Å². The fourth-order valence-corrected chi connectivity index (χ4v) is 1.61. The molecule has 0 unspecified atom stereocenters. The summed E-state index contributed by atoms with van der Waals surface area (Å²) in [5.74, 6) is 0.752. The number of hydrogen-bond donors (Lipinski definition) is 1. The smallest absolute Gasteiger partial charge is 0.308 e. The molecule has 0 aliphatic carbocycles. The summed E-state index contributed by atoms with van der Waals surface area (Å²) in [6.45, 7) is 0.217. The Balaban J connectivity index is 2.00. The Morgan fingerprint density at radius 3 is 2.94 bits per heavy atom. The van der Waals surface area contributed by atoms with Crippen LogP contribution in [0.3, 0.4) is 0 Å². The molecule has 1 N–H and O–H groups in total. The van der Waals surface area contributed by atoms with Crippen molar-refractivity contribution in [2.75, 3.05) is 13.7 Å². The third-order valence-electron chi connectivity index (χ3n) is 2.56. The maximum atomic E-state index is 11.0. The highest BCUT2D eigenvalue weighted by molar-refractivity contribution is 5.69. The number of ether oxygens (including phenoxy) is 3. The molecule has 0 fully saturated rings. The molecule has 2 rings (SSSR count). The monoisotopic (exact) mass is 238 g/mol. The molecule has 0 radical (unpaired) electrons. The van der Waals surface area contributed by atoms with Crippen molar-refractivity contribution in [1.82, 2.24) is 0 Å². The fourth-order valence-electron chi connectivity index (χ4n) is 1.61. The summed E-state index contributed by atoms with van der Waals surface area (Å²) in [4.78, 5) is 11.0. The number of carbonyl (C=O) groups is 1. The van der Waals surface area contributed by atoms with Crippen LogP contribution in [0.4, 0.5) is 0 Å². The Kier molecular flexibility index (Phi) is 3.49. The normalized spacial score (nSPS) is 19.5. The molecule has 0 saturated heterocycles. The Hall–Kier alpha value is -1.75. The van der Waals surface area contributed by atoms with Crippen molar-refractivity contribution >= 4 is 5.97 Å². The van der Waals surface area contributed by atoms with Crippen molar-refractivity contribution < 1.29 is 24.1 Å². The zero-order chi connectivity index (χ0) is 12.3. The van der Waals surface area contributed by atoms with E-state index in [9.17, 15) is 9.90 Å². The lowest BCUT2D eigenvalue weighted by Gasteiger charge is -2.29. The Morgan fingerprint density at radius 1 is 1.53 bits per heavy atom. The SMILES string of the molecule is COC(=O)C[C@@H](O)[C@@H]1COc2ccccc2O1. The maximum Gasteiger partial charge on any atom is 0.308 e. The molecule has 0 spiro atoms. The van der Waals surface area contributed by atoms with E-state index in [1.807, 2.05) is 12.1 Å². The maximum absolute atomic E-state index is 11.0. The molecular formula is C12H14O5. The van der Waals surface area contributed by atoms with Crippen molar-refractivity contribution in [3.05, 3.63) is 24.3 Å². The zero-order valence-corrected chi connectivity index (χ0v) is 9.46. The van der Waals surface area contributed by atoms with Gasteiger partial charge in [-0.25, -0.2) is 0 Å². The summed E-state index contributed by atoms with van der Waals surface area (Å²) in [5.41, 5.74) is 0. The highest BCUT2D eigenvalue weighted by Gasteiger charge is 2.29. The Bertz CT molecular complexity index is 404. The van der Waals surface area contributed by atoms with Gasteiger partial charge in [-0.3, -0.25) is 4.79 Å². The van der Waals surface area contributed by atoms with E-state index in [0.29, 0.717) is 11.5 Å². The fraction of sp³-hybridized carbons (Fsp3) is 0.417. The Morgan fingerprint density at radius 2 is 2.24 bits per heavy atom. The number of methoxy groups -OCH3 is 1. The van der Waals surface area contributed by atoms with Crippen LogP contribution in [0.5, 0.6) is 11.5 Å². The van der Waals surface area contributed by atoms with Crippen LogP contribution in [-0.4, -0.2) is 37.0 Å². The molecule has 5 nitrogen and oxygen atoms in total. The number of carbonyl (C=O) groups excluding carboxylic acids is 1. The van der Waals surface area contributed by atoms with Gasteiger partial charge in [0.05, 0.1) is 13.5 Å². The van der Waals surface area contributed by atoms with E-state index >= 15 is 0 Å². The molecule has 0 saturated carbocycles. The number of rotatable bonds is 3. The van der Waals surface area contributed by atoms with Crippen LogP contribution >= 0.6 is 0 Å². The van der Waals surface area contributed by atoms with Crippen LogP contribution in [0, 0.1) is 0 Å². The average Bonchev–Trinajstić information content (AvgIpc) is 2.38. The standard InChI is InChI=1S/C12H14O5/c1-15-12(14)6-8(13)11-7-16-9-4-2-3-5-10(9)17-11/h2-5,8,11,13H,6-7H2,1H3/t8-,11+/m1/s1. The first-order valence-corrected chi connectivity index (χ1v) is 5.34. The molecule has 0 aromatic heterocycles. The summed E-state index contributed by atoms with van der Waals surface area (Å²) in [7, 11) is 1.28. The largest absolute Gasteiger partial charge is 0.486 e. The van der Waals surface area contributed by atoms with E-state index in [0.717, 1.165) is 0 Å². The van der Waals surface area contributed by atoms with Crippen molar-refractivity contribution in [3.8, 4) is 11.5 Å². The second-order valence-corrected chi connectivity index (χ2v) is 3.76. The number of esters is 1. The van der Waals surface area contributed by atoms with Gasteiger partial charge in [-0.1, -0.05) is 12.1 Å². The van der Waals surface area contributed by atoms with Gasteiger partial charge in [-0.15, -0.1) is 0 Å². The summed E-state index contributed by atoms with van der Waals surface area (Å²) in [6, 6.07) is 7.20. The van der Waals surface area contributed by atoms with Gasteiger partial charge in [0.2, 0.25) is 0 Å². The third-order valence-corrected chi connectivity index (χ3v) is 2.56. The number of hydrogen-bond acceptors (Lipinski definition) is 5. The molecule has 92 valence electrons. The third kappa shape index (κ3) is 2.68. The van der Waals surface area contributed by atoms with E-state index in [1.165, 1.54) is 7.11 Å². The van der Waals surface area contributed by atoms with E-state index in [4.69, 9.17) is 9.47 Å². The molecule has 1 heterocycles. The minimum atomic E-state index is -0.934. The van der Waals surface area contributed by atoms with Crippen LogP contribution in [0.2, 0.25) is 0 Å². The predicted octanol–water partition coefficient (Wildman–Crippen LogP) is 0.750. The van der Waals surface area contributed by atoms with Gasteiger partial charge in [0, 0.05) is 0 Å². The number of aliphatic hydroxyl groups is 1. The number of para-hydroxylation sites is 2. The van der Waals surface area contributed by atoms with Crippen LogP contribution in [0.15, 0.2) is 24.3 Å². The van der Waals surface area contributed by atoms with Crippen LogP contribution in [0.1, 0.15) is 6.42 Å². The lowest BCUT2D eigenvalue weighted by molar-refractivity contribution is -0.144. The lowest BCUT2D eigenvalue weighted by Crippen LogP contribution is -2.40. The topological polar surface area (TPSA) is 65.0 Å². The highest BCUT2D eigenvalue weighted by Crippen LogP contribution is 2.31. The summed E-state index contributed by atoms with van der Waals surface area (Å²) >= 11 is 0. The second-order valence-electron chi connectivity index (χ2n) is 3.76. The number of fused-ring (bicyclic) bond motifs is 1. The first-order chi connectivity index (χ1) is 8.20. The molecule has 1 aliphatic heterocycles. The molecule has 0 amide bonds. The second kappa shape index (κ2) is 5.05. The molecule has 1 aromatic carbocycles. The van der Waals surface area contributed by atoms with Crippen molar-refractivity contribution in [1.29, 1.82) is 0 Å². The molecule has 1 aliphatic rings. The molecule has 1 aromatic rings. The van der Waals surface area contributed by atoms with Gasteiger partial charge in [0.25, 0.3) is 0 Å². The molecule has 2 atom stereocenters. The predicted molar refractivity (Wildman–Crippen MR) is 59.0 cm³/mol. The van der Waals surface area contributed by atoms with Crippen LogP contribution in [0.25, 0.3) is 0 Å². The van der Waals surface area contributed by atoms with Crippen LogP contribution in [-0.2, 0) is 9.53 Å². The van der Waals surface area contributed by atoms with E-state index in [1.54, 1.807) is 12.1 Å². The Labute approximate surface area is 98.9 Å². The van der Waals surface area contributed by atoms with E-state index in [2.05, 4.69) is 4.74 Å². The molecule has 0 bridgehead atoms. The van der Waals surface area contributed by atoms with Gasteiger partial charge >= 0.3 is 5.97 Å². The summed E-state index contributed by atoms with van der Waals surface area (Å²) in [6.07, 6.45) is -1.59. The van der Waals surface area contributed by atoms with Gasteiger partial charge in [0.1, 0.15) is 12.7 Å². The van der Waals surface area contributed by atoms with Gasteiger partial charge in [-0.05, 0) is 12.1 Å². The van der Waals surface area contributed by atoms with E-state index < -0.39 is 18.2 Å². The van der Waals surface area contributed by atoms with Crippen molar-refractivity contribution in [3.63, 3.8) is 0 Å². The first-order valence-electron chi connectivity index (χ1n) is 5.34. The molecule has 5 heteroatoms. The van der Waals surface area contributed by atoms with Crippen molar-refractivity contribution in [2.45, 2.75) is 18.6 Å². The summed E-state index contributed by atoms with van der Waals surface area (Å²) in [5, 5.41) is 9.80. The van der Waals surface area contributed by atoms with Gasteiger partial charge in [0.15, 0.2) is 17.6 Å². The highest BCUT2D eigenvalue weighted by atomic mass is 16.6. The number of benzene rings is 1. The quantitative estimate of drug-likeness (QED) is 0.787. The lowest BCUT2D eigenvalue weighted by atomic mass is 10.1. The summed E-state index contributed by atoms with van der Waals surface area (Å²) < 4.78 is 15.5. The minimum absolute atomic E-state index is 0.104.